The number of aliphatic hydroxyl groups is 1. The van der Waals surface area contributed by atoms with Gasteiger partial charge in [0.05, 0.1) is 5.92 Å². The molecule has 1 fully saturated rings. The summed E-state index contributed by atoms with van der Waals surface area (Å²) >= 11 is 5.96. The van der Waals surface area contributed by atoms with E-state index in [1.54, 1.807) is 13.0 Å². The third-order valence-electron chi connectivity index (χ3n) is 4.64. The van der Waals surface area contributed by atoms with Gasteiger partial charge in [0.15, 0.2) is 0 Å². The summed E-state index contributed by atoms with van der Waals surface area (Å²) in [5.41, 5.74) is -2.43. The molecule has 130 valence electrons. The zero-order valence-corrected chi connectivity index (χ0v) is 13.7. The maximum absolute atomic E-state index is 13.6. The van der Waals surface area contributed by atoms with Crippen molar-refractivity contribution in [2.45, 2.75) is 44.5 Å². The van der Waals surface area contributed by atoms with Crippen molar-refractivity contribution in [3.05, 3.63) is 34.3 Å². The summed E-state index contributed by atoms with van der Waals surface area (Å²) < 4.78 is 40.9. The molecule has 1 heterocycles. The summed E-state index contributed by atoms with van der Waals surface area (Å²) in [6.45, 7) is 1.72. The zero-order chi connectivity index (χ0) is 17.7. The van der Waals surface area contributed by atoms with Crippen molar-refractivity contribution in [3.8, 4) is 0 Å². The Morgan fingerprint density at radius 2 is 2.12 bits per heavy atom. The Bertz CT molecular complexity index is 720. The van der Waals surface area contributed by atoms with Crippen molar-refractivity contribution >= 4 is 23.2 Å². The van der Waals surface area contributed by atoms with E-state index in [0.717, 1.165) is 0 Å². The van der Waals surface area contributed by atoms with Crippen LogP contribution in [0, 0.1) is 12.8 Å². The Kier molecular flexibility index (Phi) is 4.12. The van der Waals surface area contributed by atoms with E-state index >= 15 is 0 Å². The molecule has 1 aliphatic heterocycles. The number of nitrogens with zero attached hydrogens (tertiary/aromatic N) is 2. The lowest BCUT2D eigenvalue weighted by molar-refractivity contribution is -0.312. The minimum Gasteiger partial charge on any atom is -0.362 e. The number of benzene rings is 1. The zero-order valence-electron chi connectivity index (χ0n) is 12.9. The van der Waals surface area contributed by atoms with Crippen LogP contribution in [0.3, 0.4) is 0 Å². The van der Waals surface area contributed by atoms with Crippen LogP contribution in [0.4, 0.5) is 13.2 Å². The Labute approximate surface area is 141 Å². The molecule has 0 radical (unpaired) electrons. The summed E-state index contributed by atoms with van der Waals surface area (Å²) in [6, 6.07) is 4.21. The molecule has 0 spiro atoms. The van der Waals surface area contributed by atoms with Crippen LogP contribution in [0.1, 0.15) is 41.6 Å². The monoisotopic (exact) mass is 360 g/mol. The number of hydrogen-bond acceptors (Lipinski definition) is 3. The summed E-state index contributed by atoms with van der Waals surface area (Å²) in [4.78, 5) is 12.6. The third-order valence-corrected chi connectivity index (χ3v) is 5.05. The molecule has 1 amide bonds. The van der Waals surface area contributed by atoms with E-state index < -0.39 is 23.7 Å². The number of hydrogen-bond donors (Lipinski definition) is 1. The number of aryl methyl sites for hydroxylation is 1. The molecule has 8 heteroatoms. The molecule has 24 heavy (non-hydrogen) atoms. The van der Waals surface area contributed by atoms with E-state index in [4.69, 9.17) is 11.6 Å². The van der Waals surface area contributed by atoms with E-state index in [2.05, 4.69) is 5.10 Å². The largest absolute Gasteiger partial charge is 0.439 e. The Balaban J connectivity index is 2.05. The summed E-state index contributed by atoms with van der Waals surface area (Å²) in [7, 11) is 0. The van der Waals surface area contributed by atoms with Crippen molar-refractivity contribution in [2.24, 2.45) is 11.0 Å². The van der Waals surface area contributed by atoms with Gasteiger partial charge in [0.2, 0.25) is 0 Å². The molecule has 2 atom stereocenters. The molecule has 1 aromatic rings. The van der Waals surface area contributed by atoms with Gasteiger partial charge < -0.3 is 5.11 Å². The number of amides is 1. The lowest BCUT2D eigenvalue weighted by atomic mass is 9.80. The Hall–Kier alpha value is -1.60. The molecule has 0 unspecified atom stereocenters. The number of rotatable bonds is 1. The van der Waals surface area contributed by atoms with Crippen molar-refractivity contribution in [1.29, 1.82) is 0 Å². The third kappa shape index (κ3) is 2.50. The number of carbonyl (C=O) groups is 1. The van der Waals surface area contributed by atoms with Gasteiger partial charge >= 0.3 is 6.18 Å². The second kappa shape index (κ2) is 5.74. The van der Waals surface area contributed by atoms with Gasteiger partial charge in [0.1, 0.15) is 0 Å². The van der Waals surface area contributed by atoms with Gasteiger partial charge in [-0.2, -0.15) is 23.3 Å². The first-order valence-corrected chi connectivity index (χ1v) is 8.01. The Morgan fingerprint density at radius 3 is 2.75 bits per heavy atom. The van der Waals surface area contributed by atoms with Gasteiger partial charge in [-0.05, 0) is 43.9 Å². The van der Waals surface area contributed by atoms with Crippen LogP contribution in [-0.4, -0.2) is 33.6 Å². The van der Waals surface area contributed by atoms with E-state index in [1.807, 2.05) is 0 Å². The highest BCUT2D eigenvalue weighted by atomic mass is 35.5. The van der Waals surface area contributed by atoms with Crippen LogP contribution in [-0.2, 0) is 0 Å². The highest BCUT2D eigenvalue weighted by Gasteiger charge is 2.68. The quantitative estimate of drug-likeness (QED) is 0.825. The van der Waals surface area contributed by atoms with Gasteiger partial charge in [-0.25, -0.2) is 0 Å². The molecule has 2 aliphatic rings. The minimum absolute atomic E-state index is 0.0451. The maximum Gasteiger partial charge on any atom is 0.439 e. The predicted octanol–water partition coefficient (Wildman–Crippen LogP) is 3.90. The second-order valence-electron chi connectivity index (χ2n) is 6.19. The molecule has 1 N–H and O–H groups in total. The average Bonchev–Trinajstić information content (AvgIpc) is 2.84. The average molecular weight is 361 g/mol. The van der Waals surface area contributed by atoms with Crippen molar-refractivity contribution in [3.63, 3.8) is 0 Å². The summed E-state index contributed by atoms with van der Waals surface area (Å²) in [6.07, 6.45) is -3.26. The van der Waals surface area contributed by atoms with Crippen LogP contribution in [0.15, 0.2) is 23.3 Å². The summed E-state index contributed by atoms with van der Waals surface area (Å²) in [5.74, 6) is -2.23. The molecule has 0 saturated heterocycles. The molecule has 1 aliphatic carbocycles. The lowest BCUT2D eigenvalue weighted by Gasteiger charge is -2.38. The number of hydrazone groups is 1. The van der Waals surface area contributed by atoms with Gasteiger partial charge in [-0.15, -0.1) is 0 Å². The van der Waals surface area contributed by atoms with Gasteiger partial charge in [0, 0.05) is 16.3 Å². The van der Waals surface area contributed by atoms with Gasteiger partial charge in [-0.3, -0.25) is 4.79 Å². The van der Waals surface area contributed by atoms with Gasteiger partial charge in [-0.1, -0.05) is 24.1 Å². The molecule has 0 aromatic heterocycles. The van der Waals surface area contributed by atoms with Crippen LogP contribution in [0.2, 0.25) is 5.02 Å². The van der Waals surface area contributed by atoms with E-state index in [1.165, 1.54) is 12.1 Å². The number of alkyl halides is 3. The maximum atomic E-state index is 13.6. The highest BCUT2D eigenvalue weighted by Crippen LogP contribution is 2.48. The smallest absolute Gasteiger partial charge is 0.362 e. The van der Waals surface area contributed by atoms with E-state index in [0.29, 0.717) is 24.8 Å². The van der Waals surface area contributed by atoms with E-state index in [9.17, 15) is 23.1 Å². The topological polar surface area (TPSA) is 52.9 Å². The normalized spacial score (nSPS) is 27.0. The van der Waals surface area contributed by atoms with Crippen LogP contribution in [0.25, 0.3) is 0 Å². The van der Waals surface area contributed by atoms with Crippen molar-refractivity contribution in [2.75, 3.05) is 0 Å². The first-order chi connectivity index (χ1) is 11.2. The first kappa shape index (κ1) is 17.2. The SMILES string of the molecule is Cc1ccc(C(=O)N2N=C3CCCC[C@H]3[C@@]2(O)C(F)(F)F)cc1Cl. The molecule has 4 nitrogen and oxygen atoms in total. The summed E-state index contributed by atoms with van der Waals surface area (Å²) in [5, 5.41) is 14.8. The van der Waals surface area contributed by atoms with Crippen LogP contribution in [0.5, 0.6) is 0 Å². The fraction of sp³-hybridized carbons (Fsp3) is 0.500. The fourth-order valence-electron chi connectivity index (χ4n) is 3.27. The number of fused-ring (bicyclic) bond motifs is 1. The first-order valence-electron chi connectivity index (χ1n) is 7.63. The molecular formula is C16H16ClF3N2O2. The fourth-order valence-corrected chi connectivity index (χ4v) is 3.45. The highest BCUT2D eigenvalue weighted by molar-refractivity contribution is 6.31. The van der Waals surface area contributed by atoms with Crippen LogP contribution < -0.4 is 0 Å². The molecule has 0 bridgehead atoms. The molecule has 1 saturated carbocycles. The second-order valence-corrected chi connectivity index (χ2v) is 6.60. The molecular weight excluding hydrogens is 345 g/mol. The molecule has 3 rings (SSSR count). The Morgan fingerprint density at radius 1 is 1.42 bits per heavy atom. The minimum atomic E-state index is -5.01. The predicted molar refractivity (Wildman–Crippen MR) is 82.8 cm³/mol. The number of carbonyl (C=O) groups excluding carboxylic acids is 1. The van der Waals surface area contributed by atoms with Crippen molar-refractivity contribution < 1.29 is 23.1 Å². The lowest BCUT2D eigenvalue weighted by Crippen LogP contribution is -2.61. The van der Waals surface area contributed by atoms with Crippen molar-refractivity contribution in [1.82, 2.24) is 5.01 Å². The molecule has 1 aromatic carbocycles. The standard InChI is InChI=1S/C16H16ClF3N2O2/c1-9-6-7-10(8-12(9)17)14(23)22-15(24,16(18,19)20)11-4-2-3-5-13(11)21-22/h6-8,11,24H,2-5H2,1H3/t11-,15-/m1/s1. The van der Waals surface area contributed by atoms with E-state index in [-0.39, 0.29) is 27.7 Å². The van der Waals surface area contributed by atoms with Gasteiger partial charge in [0.25, 0.3) is 11.6 Å². The van der Waals surface area contributed by atoms with Crippen LogP contribution >= 0.6 is 11.6 Å². The number of halogens is 4.